The minimum atomic E-state index is -1.02. The second kappa shape index (κ2) is 6.83. The van der Waals surface area contributed by atoms with Crippen LogP contribution in [0.1, 0.15) is 11.5 Å². The molecule has 0 unspecified atom stereocenters. The van der Waals surface area contributed by atoms with Crippen molar-refractivity contribution in [2.75, 3.05) is 39.3 Å². The highest BCUT2D eigenvalue weighted by Crippen LogP contribution is 2.45. The molecule has 24 heavy (non-hydrogen) atoms. The fraction of sp³-hybridized carbons (Fsp3) is 0.500. The second-order valence-electron chi connectivity index (χ2n) is 6.85. The predicted molar refractivity (Wildman–Crippen MR) is 93.5 cm³/mol. The summed E-state index contributed by atoms with van der Waals surface area (Å²) in [5, 5.41) is 12.3. The van der Waals surface area contributed by atoms with E-state index in [0.29, 0.717) is 26.2 Å². The molecule has 2 fully saturated rings. The second-order valence-corrected chi connectivity index (χ2v) is 6.85. The van der Waals surface area contributed by atoms with Gasteiger partial charge in [0.25, 0.3) is 5.54 Å². The van der Waals surface area contributed by atoms with Crippen LogP contribution in [-0.2, 0) is 0 Å². The Morgan fingerprint density at radius 3 is 2.38 bits per heavy atom. The zero-order chi connectivity index (χ0) is 17.2. The molecule has 1 atom stereocenters. The molecule has 6 nitrogen and oxygen atoms in total. The van der Waals surface area contributed by atoms with Crippen LogP contribution in [0.25, 0.3) is 0 Å². The van der Waals surface area contributed by atoms with Gasteiger partial charge in [0.2, 0.25) is 0 Å². The molecule has 6 heteroatoms. The summed E-state index contributed by atoms with van der Waals surface area (Å²) in [5.74, 6) is 0.0883. The summed E-state index contributed by atoms with van der Waals surface area (Å²) >= 11 is 0. The third kappa shape index (κ3) is 2.87. The molecule has 3 rings (SSSR count). The highest BCUT2D eigenvalue weighted by atomic mass is 16.6. The minimum absolute atomic E-state index is 0.0534. The Morgan fingerprint density at radius 2 is 1.92 bits per heavy atom. The summed E-state index contributed by atoms with van der Waals surface area (Å²) in [5.41, 5.74) is -0.0355. The summed E-state index contributed by atoms with van der Waals surface area (Å²) in [4.78, 5) is 20.7. The first kappa shape index (κ1) is 16.8. The van der Waals surface area contributed by atoms with Crippen molar-refractivity contribution in [1.29, 1.82) is 0 Å². The van der Waals surface area contributed by atoms with Crippen LogP contribution in [0.4, 0.5) is 0 Å². The van der Waals surface area contributed by atoms with Crippen LogP contribution in [0.2, 0.25) is 0 Å². The van der Waals surface area contributed by atoms with E-state index in [2.05, 4.69) is 27.9 Å². The van der Waals surface area contributed by atoms with Crippen molar-refractivity contribution in [3.8, 4) is 0 Å². The number of likely N-dealkylation sites (tertiary alicyclic amines) is 2. The number of aromatic nitrogens is 1. The van der Waals surface area contributed by atoms with E-state index in [1.165, 1.54) is 0 Å². The van der Waals surface area contributed by atoms with E-state index in [1.54, 1.807) is 12.4 Å². The molecule has 128 valence electrons. The quantitative estimate of drug-likeness (QED) is 0.453. The van der Waals surface area contributed by atoms with E-state index >= 15 is 0 Å². The minimum Gasteiger partial charge on any atom is -0.292 e. The van der Waals surface area contributed by atoms with E-state index in [0.717, 1.165) is 18.7 Å². The number of fused-ring (bicyclic) bond motifs is 2. The summed E-state index contributed by atoms with van der Waals surface area (Å²) in [7, 11) is 0. The molecule has 0 radical (unpaired) electrons. The van der Waals surface area contributed by atoms with Crippen LogP contribution < -0.4 is 0 Å². The fourth-order valence-corrected chi connectivity index (χ4v) is 4.54. The largest absolute Gasteiger partial charge is 0.292 e. The Kier molecular flexibility index (Phi) is 4.78. The number of piperidine rings is 2. The molecule has 0 spiro atoms. The van der Waals surface area contributed by atoms with Gasteiger partial charge in [-0.1, -0.05) is 18.2 Å². The van der Waals surface area contributed by atoms with Crippen molar-refractivity contribution in [3.05, 3.63) is 65.5 Å². The van der Waals surface area contributed by atoms with Crippen molar-refractivity contribution >= 4 is 0 Å². The number of pyridine rings is 1. The lowest BCUT2D eigenvalue weighted by Crippen LogP contribution is -2.70. The van der Waals surface area contributed by atoms with Gasteiger partial charge in [-0.2, -0.15) is 0 Å². The first-order valence-corrected chi connectivity index (χ1v) is 8.31. The average molecular weight is 328 g/mol. The maximum absolute atomic E-state index is 12.3. The van der Waals surface area contributed by atoms with E-state index in [9.17, 15) is 10.1 Å². The van der Waals surface area contributed by atoms with Crippen LogP contribution >= 0.6 is 0 Å². The number of hydrogen-bond acceptors (Lipinski definition) is 5. The molecule has 2 aliphatic rings. The van der Waals surface area contributed by atoms with Crippen LogP contribution in [0.15, 0.2) is 49.8 Å². The summed E-state index contributed by atoms with van der Waals surface area (Å²) < 4.78 is 0. The molecular weight excluding hydrogens is 304 g/mol. The zero-order valence-corrected chi connectivity index (χ0v) is 13.9. The topological polar surface area (TPSA) is 62.5 Å². The van der Waals surface area contributed by atoms with Gasteiger partial charge in [-0.25, -0.2) is 0 Å². The molecule has 2 bridgehead atoms. The number of nitrogens with zero attached hydrogens (tertiary/aromatic N) is 4. The Balaban J connectivity index is 2.03. The SMILES string of the molecule is C=CCN1CC2CN(CC=C)CC([N+](=O)[O-])(C1)[C@H]2c1cccnc1. The normalized spacial score (nSPS) is 30.7. The van der Waals surface area contributed by atoms with Gasteiger partial charge < -0.3 is 0 Å². The third-order valence-electron chi connectivity index (χ3n) is 5.21. The molecule has 0 N–H and O–H groups in total. The summed E-state index contributed by atoms with van der Waals surface area (Å²) in [6.45, 7) is 11.5. The smallest absolute Gasteiger partial charge is 0.254 e. The monoisotopic (exact) mass is 328 g/mol. The highest BCUT2D eigenvalue weighted by molar-refractivity contribution is 5.25. The van der Waals surface area contributed by atoms with Gasteiger partial charge in [-0.3, -0.25) is 24.9 Å². The summed E-state index contributed by atoms with van der Waals surface area (Å²) in [6.07, 6.45) is 7.17. The zero-order valence-electron chi connectivity index (χ0n) is 13.9. The molecule has 2 aliphatic heterocycles. The molecule has 0 amide bonds. The summed E-state index contributed by atoms with van der Waals surface area (Å²) in [6, 6.07) is 3.85. The van der Waals surface area contributed by atoms with E-state index in [1.807, 2.05) is 24.3 Å². The molecule has 1 aromatic heterocycles. The van der Waals surface area contributed by atoms with Crippen LogP contribution in [-0.4, -0.2) is 64.5 Å². The van der Waals surface area contributed by atoms with Crippen LogP contribution in [0, 0.1) is 16.0 Å². The lowest BCUT2D eigenvalue weighted by atomic mass is 9.66. The van der Waals surface area contributed by atoms with Gasteiger partial charge in [0.15, 0.2) is 0 Å². The van der Waals surface area contributed by atoms with Crippen molar-refractivity contribution < 1.29 is 4.92 Å². The van der Waals surface area contributed by atoms with Crippen molar-refractivity contribution in [3.63, 3.8) is 0 Å². The highest BCUT2D eigenvalue weighted by Gasteiger charge is 2.61. The van der Waals surface area contributed by atoms with Gasteiger partial charge in [0.1, 0.15) is 0 Å². The van der Waals surface area contributed by atoms with Crippen molar-refractivity contribution in [2.24, 2.45) is 5.92 Å². The predicted octanol–water partition coefficient (Wildman–Crippen LogP) is 1.80. The molecule has 1 aromatic rings. The molecule has 2 saturated heterocycles. The average Bonchev–Trinajstić information content (AvgIpc) is 2.55. The number of rotatable bonds is 6. The van der Waals surface area contributed by atoms with E-state index in [-0.39, 0.29) is 16.8 Å². The van der Waals surface area contributed by atoms with Crippen molar-refractivity contribution in [1.82, 2.24) is 14.8 Å². The Morgan fingerprint density at radius 1 is 1.29 bits per heavy atom. The van der Waals surface area contributed by atoms with Gasteiger partial charge in [0, 0.05) is 43.5 Å². The number of hydrogen-bond donors (Lipinski definition) is 0. The third-order valence-corrected chi connectivity index (χ3v) is 5.21. The maximum Gasteiger partial charge on any atom is 0.254 e. The van der Waals surface area contributed by atoms with Gasteiger partial charge in [-0.05, 0) is 17.5 Å². The van der Waals surface area contributed by atoms with Gasteiger partial charge in [-0.15, -0.1) is 13.2 Å². The first-order valence-electron chi connectivity index (χ1n) is 8.31. The fourth-order valence-electron chi connectivity index (χ4n) is 4.54. The Hall–Kier alpha value is -2.05. The lowest BCUT2D eigenvalue weighted by Gasteiger charge is -2.52. The molecule has 0 aromatic carbocycles. The standard InChI is InChI=1S/C18H24N4O2/c1-3-8-20-11-16-12-21(9-4-2)14-18(13-20,22(23)24)17(16)15-6-5-7-19-10-15/h3-7,10,16-17H,1-2,8-9,11-14H2/t16?,17-,18?/m0/s1. The Bertz CT molecular complexity index is 597. The van der Waals surface area contributed by atoms with Crippen LogP contribution in [0.5, 0.6) is 0 Å². The van der Waals surface area contributed by atoms with Gasteiger partial charge >= 0.3 is 0 Å². The molecule has 0 saturated carbocycles. The van der Waals surface area contributed by atoms with E-state index in [4.69, 9.17) is 0 Å². The van der Waals surface area contributed by atoms with Crippen molar-refractivity contribution in [2.45, 2.75) is 11.5 Å². The Labute approximate surface area is 142 Å². The lowest BCUT2D eigenvalue weighted by molar-refractivity contribution is -0.585. The molecule has 3 heterocycles. The van der Waals surface area contributed by atoms with Crippen LogP contribution in [0.3, 0.4) is 0 Å². The molecular formula is C18H24N4O2. The molecule has 0 aliphatic carbocycles. The van der Waals surface area contributed by atoms with Gasteiger partial charge in [0.05, 0.1) is 19.0 Å². The number of nitro groups is 1. The maximum atomic E-state index is 12.3. The van der Waals surface area contributed by atoms with E-state index < -0.39 is 5.54 Å². The first-order chi connectivity index (χ1) is 11.6.